The van der Waals surface area contributed by atoms with Gasteiger partial charge < -0.3 is 4.90 Å². The van der Waals surface area contributed by atoms with E-state index < -0.39 is 0 Å². The Morgan fingerprint density at radius 3 is 2.94 bits per heavy atom. The number of aromatic nitrogens is 2. The molecule has 2 rings (SSSR count). The lowest BCUT2D eigenvalue weighted by Gasteiger charge is -2.13. The van der Waals surface area contributed by atoms with E-state index in [1.54, 1.807) is 17.5 Å². The van der Waals surface area contributed by atoms with Gasteiger partial charge in [-0.25, -0.2) is 9.97 Å². The summed E-state index contributed by atoms with van der Waals surface area (Å²) in [7, 11) is 1.95. The highest BCUT2D eigenvalue weighted by Gasteiger charge is 2.08. The number of thiazole rings is 2. The van der Waals surface area contributed by atoms with E-state index in [1.807, 2.05) is 24.3 Å². The Kier molecular flexibility index (Phi) is 3.31. The number of carbonyl (C=O) groups is 1. The first-order chi connectivity index (χ1) is 7.69. The molecule has 2 aromatic rings. The molecule has 6 heteroatoms. The van der Waals surface area contributed by atoms with Crippen molar-refractivity contribution in [1.29, 1.82) is 0 Å². The summed E-state index contributed by atoms with van der Waals surface area (Å²) >= 11 is 3.03. The zero-order chi connectivity index (χ0) is 11.5. The summed E-state index contributed by atoms with van der Waals surface area (Å²) in [5.74, 6) is 0. The number of carbonyl (C=O) groups excluding carboxylic acids is 1. The van der Waals surface area contributed by atoms with E-state index in [0.717, 1.165) is 28.7 Å². The van der Waals surface area contributed by atoms with Crippen molar-refractivity contribution in [3.63, 3.8) is 0 Å². The summed E-state index contributed by atoms with van der Waals surface area (Å²) in [5, 5.41) is 3.95. The first kappa shape index (κ1) is 11.2. The number of aryl methyl sites for hydroxylation is 1. The van der Waals surface area contributed by atoms with Crippen LogP contribution in [0.1, 0.15) is 20.4 Å². The average molecular weight is 253 g/mol. The molecule has 0 aromatic carbocycles. The summed E-state index contributed by atoms with van der Waals surface area (Å²) in [6.45, 7) is 2.71. The zero-order valence-corrected chi connectivity index (χ0v) is 10.6. The predicted molar refractivity (Wildman–Crippen MR) is 66.5 cm³/mol. The van der Waals surface area contributed by atoms with E-state index in [1.165, 1.54) is 11.3 Å². The van der Waals surface area contributed by atoms with Crippen molar-refractivity contribution in [1.82, 2.24) is 9.97 Å². The maximum absolute atomic E-state index is 10.5. The van der Waals surface area contributed by atoms with Gasteiger partial charge in [0.2, 0.25) is 0 Å². The standard InChI is InChI=1S/C10H11N3OS2/c1-7-12-8(6-15-7)4-13(2)10-11-3-9(5-14)16-10/h3,5-6H,4H2,1-2H3. The number of anilines is 1. The van der Waals surface area contributed by atoms with E-state index >= 15 is 0 Å². The Balaban J connectivity index is 2.07. The average Bonchev–Trinajstić information content (AvgIpc) is 2.87. The fraction of sp³-hybridized carbons (Fsp3) is 0.300. The first-order valence-electron chi connectivity index (χ1n) is 4.72. The lowest BCUT2D eigenvalue weighted by Crippen LogP contribution is -2.16. The highest BCUT2D eigenvalue weighted by atomic mass is 32.1. The first-order valence-corrected chi connectivity index (χ1v) is 6.42. The van der Waals surface area contributed by atoms with Crippen molar-refractivity contribution < 1.29 is 4.79 Å². The minimum atomic E-state index is 0.649. The summed E-state index contributed by atoms with van der Waals surface area (Å²) < 4.78 is 0. The third-order valence-electron chi connectivity index (χ3n) is 2.02. The van der Waals surface area contributed by atoms with Crippen molar-refractivity contribution in [2.24, 2.45) is 0 Å². The van der Waals surface area contributed by atoms with Crippen molar-refractivity contribution in [2.75, 3.05) is 11.9 Å². The lowest BCUT2D eigenvalue weighted by atomic mass is 10.4. The molecule has 0 saturated carbocycles. The molecule has 0 unspecified atom stereocenters. The Bertz CT molecular complexity index is 492. The quantitative estimate of drug-likeness (QED) is 0.785. The molecule has 0 spiro atoms. The van der Waals surface area contributed by atoms with Gasteiger partial charge in [-0.3, -0.25) is 4.79 Å². The maximum atomic E-state index is 10.5. The second-order valence-corrected chi connectivity index (χ2v) is 5.48. The molecule has 2 aromatic heterocycles. The molecule has 2 heterocycles. The zero-order valence-electron chi connectivity index (χ0n) is 9.01. The van der Waals surface area contributed by atoms with Gasteiger partial charge in [-0.05, 0) is 6.92 Å². The predicted octanol–water partition coefficient (Wildman–Crippen LogP) is 2.36. The van der Waals surface area contributed by atoms with Gasteiger partial charge in [0.05, 0.1) is 28.3 Å². The molecule has 84 valence electrons. The summed E-state index contributed by atoms with van der Waals surface area (Å²) in [5.41, 5.74) is 1.04. The highest BCUT2D eigenvalue weighted by molar-refractivity contribution is 7.17. The van der Waals surface area contributed by atoms with Crippen LogP contribution in [0.4, 0.5) is 5.13 Å². The van der Waals surface area contributed by atoms with Gasteiger partial charge in [-0.15, -0.1) is 11.3 Å². The van der Waals surface area contributed by atoms with Crippen LogP contribution in [0.15, 0.2) is 11.6 Å². The number of rotatable bonds is 4. The van der Waals surface area contributed by atoms with Gasteiger partial charge in [-0.1, -0.05) is 11.3 Å². The van der Waals surface area contributed by atoms with Crippen LogP contribution in [0.5, 0.6) is 0 Å². The molecule has 0 saturated heterocycles. The van der Waals surface area contributed by atoms with Crippen LogP contribution >= 0.6 is 22.7 Å². The van der Waals surface area contributed by atoms with E-state index in [4.69, 9.17) is 0 Å². The Morgan fingerprint density at radius 2 is 2.38 bits per heavy atom. The van der Waals surface area contributed by atoms with Gasteiger partial charge in [0.25, 0.3) is 0 Å². The molecule has 0 amide bonds. The van der Waals surface area contributed by atoms with Crippen LogP contribution in [-0.4, -0.2) is 23.3 Å². The molecule has 0 fully saturated rings. The normalized spacial score (nSPS) is 10.4. The molecule has 0 aliphatic rings. The lowest BCUT2D eigenvalue weighted by molar-refractivity contribution is 0.112. The topological polar surface area (TPSA) is 46.1 Å². The second kappa shape index (κ2) is 4.71. The monoisotopic (exact) mass is 253 g/mol. The van der Waals surface area contributed by atoms with Crippen LogP contribution in [0, 0.1) is 6.92 Å². The van der Waals surface area contributed by atoms with Crippen molar-refractivity contribution in [2.45, 2.75) is 13.5 Å². The van der Waals surface area contributed by atoms with E-state index in [0.29, 0.717) is 4.88 Å². The fourth-order valence-corrected chi connectivity index (χ4v) is 2.59. The molecule has 4 nitrogen and oxygen atoms in total. The number of aldehydes is 1. The number of nitrogens with zero attached hydrogens (tertiary/aromatic N) is 3. The van der Waals surface area contributed by atoms with Crippen molar-refractivity contribution in [3.8, 4) is 0 Å². The van der Waals surface area contributed by atoms with Crippen molar-refractivity contribution in [3.05, 3.63) is 27.2 Å². The van der Waals surface area contributed by atoms with Crippen molar-refractivity contribution >= 4 is 34.1 Å². The molecular weight excluding hydrogens is 242 g/mol. The van der Waals surface area contributed by atoms with Gasteiger partial charge >= 0.3 is 0 Å². The smallest absolute Gasteiger partial charge is 0.186 e. The molecule has 0 N–H and O–H groups in total. The number of hydrogen-bond acceptors (Lipinski definition) is 6. The van der Waals surface area contributed by atoms with E-state index in [2.05, 4.69) is 9.97 Å². The van der Waals surface area contributed by atoms with E-state index in [9.17, 15) is 4.79 Å². The van der Waals surface area contributed by atoms with Crippen LogP contribution in [-0.2, 0) is 6.54 Å². The van der Waals surface area contributed by atoms with Crippen LogP contribution in [0.25, 0.3) is 0 Å². The van der Waals surface area contributed by atoms with Crippen LogP contribution < -0.4 is 4.90 Å². The van der Waals surface area contributed by atoms with Crippen LogP contribution in [0.3, 0.4) is 0 Å². The third kappa shape index (κ3) is 2.45. The van der Waals surface area contributed by atoms with Gasteiger partial charge in [0, 0.05) is 12.4 Å². The highest BCUT2D eigenvalue weighted by Crippen LogP contribution is 2.21. The Morgan fingerprint density at radius 1 is 1.56 bits per heavy atom. The molecule has 0 aliphatic heterocycles. The van der Waals surface area contributed by atoms with Gasteiger partial charge in [-0.2, -0.15) is 0 Å². The van der Waals surface area contributed by atoms with Gasteiger partial charge in [0.1, 0.15) is 0 Å². The Labute approximate surface area is 102 Å². The molecule has 0 bridgehead atoms. The second-order valence-electron chi connectivity index (χ2n) is 3.38. The third-order valence-corrected chi connectivity index (χ3v) is 3.88. The molecule has 0 aliphatic carbocycles. The minimum absolute atomic E-state index is 0.649. The van der Waals surface area contributed by atoms with E-state index in [-0.39, 0.29) is 0 Å². The minimum Gasteiger partial charge on any atom is -0.345 e. The Hall–Kier alpha value is -1.27. The fourth-order valence-electron chi connectivity index (χ4n) is 1.30. The largest absolute Gasteiger partial charge is 0.345 e. The molecule has 0 atom stereocenters. The number of hydrogen-bond donors (Lipinski definition) is 0. The SMILES string of the molecule is Cc1nc(CN(C)c2ncc(C=O)s2)cs1. The summed E-state index contributed by atoms with van der Waals surface area (Å²) in [6.07, 6.45) is 2.41. The maximum Gasteiger partial charge on any atom is 0.186 e. The summed E-state index contributed by atoms with van der Waals surface area (Å²) in [4.78, 5) is 21.8. The molecular formula is C10H11N3OS2. The van der Waals surface area contributed by atoms with Crippen LogP contribution in [0.2, 0.25) is 0 Å². The molecule has 16 heavy (non-hydrogen) atoms. The molecule has 0 radical (unpaired) electrons. The van der Waals surface area contributed by atoms with Gasteiger partial charge in [0.15, 0.2) is 11.4 Å². The summed E-state index contributed by atoms with van der Waals surface area (Å²) in [6, 6.07) is 0.